The van der Waals surface area contributed by atoms with Crippen molar-refractivity contribution < 1.29 is 18.0 Å². The molecule has 1 atom stereocenters. The molecule has 0 aliphatic rings. The van der Waals surface area contributed by atoms with E-state index in [1.54, 1.807) is 30.3 Å². The Balaban J connectivity index is 1.91. The molecule has 4 nitrogen and oxygen atoms in total. The highest BCUT2D eigenvalue weighted by atomic mass is 19.4. The van der Waals surface area contributed by atoms with Crippen molar-refractivity contribution in [1.82, 2.24) is 10.3 Å². The third-order valence-electron chi connectivity index (χ3n) is 4.87. The van der Waals surface area contributed by atoms with Crippen molar-refractivity contribution in [2.75, 3.05) is 0 Å². The Morgan fingerprint density at radius 3 is 2.31 bits per heavy atom. The maximum Gasteiger partial charge on any atom is 0.416 e. The maximum absolute atomic E-state index is 13.1. The molecule has 0 aliphatic heterocycles. The van der Waals surface area contributed by atoms with Gasteiger partial charge in [-0.3, -0.25) is 9.59 Å². The van der Waals surface area contributed by atoms with Crippen molar-refractivity contribution in [3.05, 3.63) is 93.8 Å². The first-order valence-electron chi connectivity index (χ1n) is 8.80. The normalized spacial score (nSPS) is 12.8. The number of fused-ring (bicyclic) bond motifs is 3. The van der Waals surface area contributed by atoms with Crippen molar-refractivity contribution in [3.63, 3.8) is 0 Å². The van der Waals surface area contributed by atoms with Crippen LogP contribution >= 0.6 is 0 Å². The molecule has 0 saturated carbocycles. The summed E-state index contributed by atoms with van der Waals surface area (Å²) in [6.45, 7) is 0. The highest BCUT2D eigenvalue weighted by molar-refractivity contribution is 6.05. The first-order chi connectivity index (χ1) is 13.9. The van der Waals surface area contributed by atoms with E-state index in [-0.39, 0.29) is 5.56 Å². The van der Waals surface area contributed by atoms with E-state index in [0.29, 0.717) is 28.4 Å². The summed E-state index contributed by atoms with van der Waals surface area (Å²) in [6.07, 6.45) is -4.03. The van der Waals surface area contributed by atoms with Crippen molar-refractivity contribution in [2.24, 2.45) is 0 Å². The van der Waals surface area contributed by atoms with Gasteiger partial charge in [-0.25, -0.2) is 0 Å². The van der Waals surface area contributed by atoms with Gasteiger partial charge >= 0.3 is 6.18 Å². The predicted octanol–water partition coefficient (Wildman–Crippen LogP) is 4.54. The standard InChI is InChI=1S/C22H15F3N2O2/c23-22(24,25)15-5-3-4-13(10-15)20(26-12-28)14-8-9-19-18(11-14)16-6-1-2-7-17(16)21(29)27-19/h1-12,20H,(H,26,28)(H,27,29). The zero-order valence-electron chi connectivity index (χ0n) is 15.0. The second-order valence-electron chi connectivity index (χ2n) is 6.65. The van der Waals surface area contributed by atoms with Crippen molar-refractivity contribution in [1.29, 1.82) is 0 Å². The minimum Gasteiger partial charge on any atom is -0.348 e. The van der Waals surface area contributed by atoms with Crippen LogP contribution in [-0.2, 0) is 11.0 Å². The fourth-order valence-corrected chi connectivity index (χ4v) is 3.53. The molecule has 7 heteroatoms. The van der Waals surface area contributed by atoms with Crippen molar-refractivity contribution in [3.8, 4) is 0 Å². The Hall–Kier alpha value is -3.61. The fraction of sp³-hybridized carbons (Fsp3) is 0.0909. The van der Waals surface area contributed by atoms with E-state index in [1.807, 2.05) is 12.1 Å². The summed E-state index contributed by atoms with van der Waals surface area (Å²) in [5.41, 5.74) is 0.497. The van der Waals surface area contributed by atoms with Crippen LogP contribution in [0.1, 0.15) is 22.7 Å². The number of aromatic amines is 1. The second kappa shape index (κ2) is 7.09. The predicted molar refractivity (Wildman–Crippen MR) is 105 cm³/mol. The zero-order valence-corrected chi connectivity index (χ0v) is 15.0. The molecule has 0 spiro atoms. The van der Waals surface area contributed by atoms with Gasteiger partial charge in [0.1, 0.15) is 0 Å². The number of hydrogen-bond donors (Lipinski definition) is 2. The van der Waals surface area contributed by atoms with E-state index < -0.39 is 17.8 Å². The van der Waals surface area contributed by atoms with Gasteiger partial charge in [0.2, 0.25) is 6.41 Å². The Kier molecular flexibility index (Phi) is 4.58. The van der Waals surface area contributed by atoms with Crippen LogP contribution in [0.25, 0.3) is 21.7 Å². The lowest BCUT2D eigenvalue weighted by Gasteiger charge is -2.19. The fourth-order valence-electron chi connectivity index (χ4n) is 3.53. The summed E-state index contributed by atoms with van der Waals surface area (Å²) in [4.78, 5) is 26.2. The third-order valence-corrected chi connectivity index (χ3v) is 4.87. The largest absolute Gasteiger partial charge is 0.416 e. The topological polar surface area (TPSA) is 62.0 Å². The van der Waals surface area contributed by atoms with Crippen molar-refractivity contribution >= 4 is 28.1 Å². The molecule has 1 unspecified atom stereocenters. The maximum atomic E-state index is 13.1. The van der Waals surface area contributed by atoms with E-state index in [0.717, 1.165) is 22.9 Å². The summed E-state index contributed by atoms with van der Waals surface area (Å²) in [7, 11) is 0. The van der Waals surface area contributed by atoms with Gasteiger partial charge in [-0.15, -0.1) is 0 Å². The summed E-state index contributed by atoms with van der Waals surface area (Å²) >= 11 is 0. The van der Waals surface area contributed by atoms with Crippen LogP contribution in [-0.4, -0.2) is 11.4 Å². The average molecular weight is 396 g/mol. The summed E-state index contributed by atoms with van der Waals surface area (Å²) in [5, 5.41) is 4.57. The molecular formula is C22H15F3N2O2. The number of nitrogens with one attached hydrogen (secondary N) is 2. The molecule has 29 heavy (non-hydrogen) atoms. The number of carbonyl (C=O) groups is 1. The number of benzene rings is 3. The van der Waals surface area contributed by atoms with Crippen LogP contribution < -0.4 is 10.9 Å². The summed E-state index contributed by atoms with van der Waals surface area (Å²) in [6, 6.07) is 16.3. The molecule has 0 bridgehead atoms. The van der Waals surface area contributed by atoms with E-state index in [2.05, 4.69) is 10.3 Å². The molecule has 4 aromatic rings. The molecule has 1 aromatic heterocycles. The number of amides is 1. The molecular weight excluding hydrogens is 381 g/mol. The van der Waals surface area contributed by atoms with Crippen LogP contribution in [0.5, 0.6) is 0 Å². The SMILES string of the molecule is O=CNC(c1cccc(C(F)(F)F)c1)c1ccc2[nH]c(=O)c3ccccc3c2c1. The number of hydrogen-bond acceptors (Lipinski definition) is 2. The second-order valence-corrected chi connectivity index (χ2v) is 6.65. The molecule has 0 saturated heterocycles. The third kappa shape index (κ3) is 3.47. The Morgan fingerprint density at radius 1 is 0.862 bits per heavy atom. The van der Waals surface area contributed by atoms with Gasteiger partial charge in [-0.1, -0.05) is 36.4 Å². The molecule has 1 amide bonds. The molecule has 4 rings (SSSR count). The average Bonchev–Trinajstić information content (AvgIpc) is 2.72. The lowest BCUT2D eigenvalue weighted by molar-refractivity contribution is -0.137. The summed E-state index contributed by atoms with van der Waals surface area (Å²) in [5.74, 6) is 0. The van der Waals surface area contributed by atoms with E-state index in [1.165, 1.54) is 12.1 Å². The van der Waals surface area contributed by atoms with E-state index in [4.69, 9.17) is 0 Å². The molecule has 2 N–H and O–H groups in total. The van der Waals surface area contributed by atoms with Crippen LogP contribution in [0.2, 0.25) is 0 Å². The van der Waals surface area contributed by atoms with Gasteiger partial charge in [0.05, 0.1) is 11.6 Å². The molecule has 146 valence electrons. The van der Waals surface area contributed by atoms with Crippen LogP contribution in [0, 0.1) is 0 Å². The van der Waals surface area contributed by atoms with Gasteiger partial charge in [-0.2, -0.15) is 13.2 Å². The van der Waals surface area contributed by atoms with E-state index >= 15 is 0 Å². The lowest BCUT2D eigenvalue weighted by atomic mass is 9.95. The number of carbonyl (C=O) groups excluding carboxylic acids is 1. The van der Waals surface area contributed by atoms with Gasteiger partial charge in [-0.05, 0) is 46.8 Å². The Labute approximate surface area is 163 Å². The Morgan fingerprint density at radius 2 is 1.59 bits per heavy atom. The number of aromatic nitrogens is 1. The Bertz CT molecular complexity index is 1280. The monoisotopic (exact) mass is 396 g/mol. The first-order valence-corrected chi connectivity index (χ1v) is 8.80. The van der Waals surface area contributed by atoms with E-state index in [9.17, 15) is 22.8 Å². The van der Waals surface area contributed by atoms with Gasteiger partial charge in [0.15, 0.2) is 0 Å². The minimum absolute atomic E-state index is 0.221. The van der Waals surface area contributed by atoms with Crippen LogP contribution in [0.4, 0.5) is 13.2 Å². The minimum atomic E-state index is -4.49. The molecule has 1 heterocycles. The molecule has 3 aromatic carbocycles. The van der Waals surface area contributed by atoms with Crippen LogP contribution in [0.3, 0.4) is 0 Å². The highest BCUT2D eigenvalue weighted by Crippen LogP contribution is 2.33. The summed E-state index contributed by atoms with van der Waals surface area (Å²) < 4.78 is 39.3. The first kappa shape index (κ1) is 18.7. The molecule has 0 radical (unpaired) electrons. The number of halogens is 3. The highest BCUT2D eigenvalue weighted by Gasteiger charge is 2.31. The molecule has 0 aliphatic carbocycles. The number of alkyl halides is 3. The number of H-pyrrole nitrogens is 1. The lowest BCUT2D eigenvalue weighted by Crippen LogP contribution is -2.21. The van der Waals surface area contributed by atoms with Gasteiger partial charge in [0.25, 0.3) is 5.56 Å². The van der Waals surface area contributed by atoms with Gasteiger partial charge in [0, 0.05) is 16.3 Å². The van der Waals surface area contributed by atoms with Gasteiger partial charge < -0.3 is 10.3 Å². The quantitative estimate of drug-likeness (QED) is 0.393. The van der Waals surface area contributed by atoms with Crippen molar-refractivity contribution in [2.45, 2.75) is 12.2 Å². The zero-order chi connectivity index (χ0) is 20.6. The molecule has 0 fully saturated rings. The number of pyridine rings is 1. The van der Waals surface area contributed by atoms with Crippen LogP contribution in [0.15, 0.2) is 71.5 Å². The number of rotatable bonds is 4. The smallest absolute Gasteiger partial charge is 0.348 e.